The summed E-state index contributed by atoms with van der Waals surface area (Å²) in [5.74, 6) is 0.903. The van der Waals surface area contributed by atoms with Crippen LogP contribution in [0.15, 0.2) is 41.8 Å². The maximum Gasteiger partial charge on any atom is 0.178 e. The summed E-state index contributed by atoms with van der Waals surface area (Å²) in [5, 5.41) is 0. The molecule has 0 aliphatic heterocycles. The Bertz CT molecular complexity index is 503. The molecule has 0 fully saturated rings. The van der Waals surface area contributed by atoms with Gasteiger partial charge in [0.15, 0.2) is 9.84 Å². The largest absolute Gasteiger partial charge is 0.497 e. The standard InChI is InChI=1S/C17H26O3S/c1-3-4-5-6-7-8-9-10-15-21(18,19)17-13-11-16(20-2)12-14-17/h3,11-14H,1,4-10,15H2,2H3. The highest BCUT2D eigenvalue weighted by molar-refractivity contribution is 7.91. The average molecular weight is 310 g/mol. The van der Waals surface area contributed by atoms with Gasteiger partial charge in [0.2, 0.25) is 0 Å². The number of hydrogen-bond donors (Lipinski definition) is 0. The van der Waals surface area contributed by atoms with Crippen LogP contribution < -0.4 is 4.74 Å². The van der Waals surface area contributed by atoms with Crippen LogP contribution in [0, 0.1) is 0 Å². The fourth-order valence-electron chi connectivity index (χ4n) is 2.19. The van der Waals surface area contributed by atoms with E-state index < -0.39 is 9.84 Å². The van der Waals surface area contributed by atoms with Crippen molar-refractivity contribution in [2.24, 2.45) is 0 Å². The summed E-state index contributed by atoms with van der Waals surface area (Å²) < 4.78 is 29.3. The second-order valence-corrected chi connectivity index (χ2v) is 7.30. The number of hydrogen-bond acceptors (Lipinski definition) is 3. The van der Waals surface area contributed by atoms with Gasteiger partial charge in [-0.3, -0.25) is 0 Å². The lowest BCUT2D eigenvalue weighted by Gasteiger charge is -2.06. The van der Waals surface area contributed by atoms with E-state index in [1.54, 1.807) is 31.4 Å². The molecular weight excluding hydrogens is 284 g/mol. The van der Waals surface area contributed by atoms with Gasteiger partial charge in [0.25, 0.3) is 0 Å². The van der Waals surface area contributed by atoms with Gasteiger partial charge in [-0.05, 0) is 43.5 Å². The predicted octanol–water partition coefficient (Wildman–Crippen LogP) is 4.39. The molecule has 0 radical (unpaired) electrons. The number of rotatable bonds is 11. The Hall–Kier alpha value is -1.29. The van der Waals surface area contributed by atoms with Crippen molar-refractivity contribution in [1.82, 2.24) is 0 Å². The Balaban J connectivity index is 2.27. The van der Waals surface area contributed by atoms with E-state index in [0.29, 0.717) is 10.6 Å². The summed E-state index contributed by atoms with van der Waals surface area (Å²) in [6, 6.07) is 6.60. The summed E-state index contributed by atoms with van der Waals surface area (Å²) >= 11 is 0. The third-order valence-electron chi connectivity index (χ3n) is 3.49. The van der Waals surface area contributed by atoms with Gasteiger partial charge in [-0.1, -0.05) is 31.8 Å². The van der Waals surface area contributed by atoms with Crippen LogP contribution in [0.5, 0.6) is 5.75 Å². The zero-order valence-corrected chi connectivity index (χ0v) is 13.7. The molecule has 0 aliphatic rings. The van der Waals surface area contributed by atoms with E-state index in [9.17, 15) is 8.42 Å². The molecule has 0 saturated carbocycles. The van der Waals surface area contributed by atoms with E-state index in [-0.39, 0.29) is 5.75 Å². The summed E-state index contributed by atoms with van der Waals surface area (Å²) in [6.07, 6.45) is 9.41. The molecule has 21 heavy (non-hydrogen) atoms. The molecule has 0 unspecified atom stereocenters. The van der Waals surface area contributed by atoms with Crippen molar-refractivity contribution in [3.63, 3.8) is 0 Å². The second-order valence-electron chi connectivity index (χ2n) is 5.19. The van der Waals surface area contributed by atoms with Crippen LogP contribution in [-0.4, -0.2) is 21.3 Å². The summed E-state index contributed by atoms with van der Waals surface area (Å²) in [6.45, 7) is 3.70. The quantitative estimate of drug-likeness (QED) is 0.450. The first kappa shape index (κ1) is 17.8. The minimum absolute atomic E-state index is 0.228. The fraction of sp³-hybridized carbons (Fsp3) is 0.529. The predicted molar refractivity (Wildman–Crippen MR) is 87.6 cm³/mol. The first-order chi connectivity index (χ1) is 10.1. The lowest BCUT2D eigenvalue weighted by Crippen LogP contribution is -2.06. The van der Waals surface area contributed by atoms with Gasteiger partial charge in [-0.15, -0.1) is 6.58 Å². The molecule has 1 aromatic carbocycles. The Morgan fingerprint density at radius 2 is 1.57 bits per heavy atom. The Morgan fingerprint density at radius 1 is 1.00 bits per heavy atom. The van der Waals surface area contributed by atoms with Gasteiger partial charge in [-0.25, -0.2) is 8.42 Å². The zero-order chi connectivity index (χ0) is 15.6. The van der Waals surface area contributed by atoms with E-state index in [1.807, 2.05) is 6.08 Å². The van der Waals surface area contributed by atoms with Crippen molar-refractivity contribution in [3.05, 3.63) is 36.9 Å². The molecule has 0 aliphatic carbocycles. The highest BCUT2D eigenvalue weighted by Gasteiger charge is 2.13. The topological polar surface area (TPSA) is 43.4 Å². The molecule has 0 saturated heterocycles. The van der Waals surface area contributed by atoms with Crippen molar-refractivity contribution in [3.8, 4) is 5.75 Å². The van der Waals surface area contributed by atoms with E-state index in [2.05, 4.69) is 6.58 Å². The zero-order valence-electron chi connectivity index (χ0n) is 12.9. The van der Waals surface area contributed by atoms with Crippen LogP contribution in [0.25, 0.3) is 0 Å². The number of benzene rings is 1. The average Bonchev–Trinajstić information content (AvgIpc) is 2.50. The van der Waals surface area contributed by atoms with E-state index in [0.717, 1.165) is 25.7 Å². The third kappa shape index (κ3) is 6.80. The van der Waals surface area contributed by atoms with Crippen LogP contribution >= 0.6 is 0 Å². The normalized spacial score (nSPS) is 11.3. The maximum absolute atomic E-state index is 12.2. The first-order valence-electron chi connectivity index (χ1n) is 7.58. The molecule has 0 bridgehead atoms. The molecule has 0 amide bonds. The van der Waals surface area contributed by atoms with E-state index in [4.69, 9.17) is 4.74 Å². The van der Waals surface area contributed by atoms with E-state index >= 15 is 0 Å². The molecule has 4 heteroatoms. The number of allylic oxidation sites excluding steroid dienone is 1. The van der Waals surface area contributed by atoms with Gasteiger partial charge < -0.3 is 4.74 Å². The first-order valence-corrected chi connectivity index (χ1v) is 9.23. The SMILES string of the molecule is C=CCCCCCCCCS(=O)(=O)c1ccc(OC)cc1. The molecule has 3 nitrogen and oxygen atoms in total. The van der Waals surface area contributed by atoms with Crippen LogP contribution in [-0.2, 0) is 9.84 Å². The summed E-state index contributed by atoms with van der Waals surface area (Å²) in [4.78, 5) is 0.384. The Morgan fingerprint density at radius 3 is 2.14 bits per heavy atom. The van der Waals surface area contributed by atoms with Crippen molar-refractivity contribution in [2.75, 3.05) is 12.9 Å². The fourth-order valence-corrected chi connectivity index (χ4v) is 3.56. The Kier molecular flexibility index (Phi) is 8.13. The smallest absolute Gasteiger partial charge is 0.178 e. The summed E-state index contributed by atoms with van der Waals surface area (Å²) in [7, 11) is -1.59. The third-order valence-corrected chi connectivity index (χ3v) is 5.31. The van der Waals surface area contributed by atoms with Crippen molar-refractivity contribution >= 4 is 9.84 Å². The van der Waals surface area contributed by atoms with Crippen LogP contribution in [0.1, 0.15) is 44.9 Å². The lowest BCUT2D eigenvalue weighted by atomic mass is 10.1. The van der Waals surface area contributed by atoms with Crippen LogP contribution in [0.3, 0.4) is 0 Å². The molecule has 0 N–H and O–H groups in total. The Labute approximate surface area is 128 Å². The van der Waals surface area contributed by atoms with Gasteiger partial charge >= 0.3 is 0 Å². The number of sulfone groups is 1. The maximum atomic E-state index is 12.2. The van der Waals surface area contributed by atoms with Gasteiger partial charge in [0.05, 0.1) is 17.8 Å². The number of ether oxygens (including phenoxy) is 1. The minimum Gasteiger partial charge on any atom is -0.497 e. The molecule has 0 heterocycles. The van der Waals surface area contributed by atoms with Crippen LogP contribution in [0.4, 0.5) is 0 Å². The number of unbranched alkanes of at least 4 members (excludes halogenated alkanes) is 6. The van der Waals surface area contributed by atoms with E-state index in [1.165, 1.54) is 19.3 Å². The molecule has 0 aromatic heterocycles. The van der Waals surface area contributed by atoms with Gasteiger partial charge in [0, 0.05) is 0 Å². The van der Waals surface area contributed by atoms with Crippen molar-refractivity contribution < 1.29 is 13.2 Å². The number of methoxy groups -OCH3 is 1. The van der Waals surface area contributed by atoms with Gasteiger partial charge in [0.1, 0.15) is 5.75 Å². The van der Waals surface area contributed by atoms with Crippen molar-refractivity contribution in [2.45, 2.75) is 49.8 Å². The highest BCUT2D eigenvalue weighted by Crippen LogP contribution is 2.18. The minimum atomic E-state index is -3.16. The molecular formula is C17H26O3S. The molecule has 0 atom stereocenters. The molecule has 1 rings (SSSR count). The highest BCUT2D eigenvalue weighted by atomic mass is 32.2. The molecule has 118 valence electrons. The van der Waals surface area contributed by atoms with Crippen LogP contribution in [0.2, 0.25) is 0 Å². The van der Waals surface area contributed by atoms with Gasteiger partial charge in [-0.2, -0.15) is 0 Å². The molecule has 0 spiro atoms. The molecule has 1 aromatic rings. The monoisotopic (exact) mass is 310 g/mol. The lowest BCUT2D eigenvalue weighted by molar-refractivity contribution is 0.414. The summed E-state index contributed by atoms with van der Waals surface area (Å²) in [5.41, 5.74) is 0. The van der Waals surface area contributed by atoms with Crippen molar-refractivity contribution in [1.29, 1.82) is 0 Å². The second kappa shape index (κ2) is 9.61.